The molecule has 0 bridgehead atoms. The van der Waals surface area contributed by atoms with Crippen LogP contribution in [0.5, 0.6) is 0 Å². The number of nitrogens with one attached hydrogen (secondary N) is 2. The number of nitrogens with zero attached hydrogens (tertiary/aromatic N) is 1. The first-order valence-corrected chi connectivity index (χ1v) is 12.1. The molecular weight excluding hydrogens is 390 g/mol. The van der Waals surface area contributed by atoms with E-state index in [1.807, 2.05) is 24.3 Å². The van der Waals surface area contributed by atoms with Crippen LogP contribution in [0.2, 0.25) is 0 Å². The van der Waals surface area contributed by atoms with Crippen LogP contribution >= 0.6 is 0 Å². The molecule has 8 heteroatoms. The minimum absolute atomic E-state index is 0.00449. The van der Waals surface area contributed by atoms with Gasteiger partial charge >= 0.3 is 0 Å². The van der Waals surface area contributed by atoms with E-state index < -0.39 is 9.84 Å². The van der Waals surface area contributed by atoms with Crippen molar-refractivity contribution in [3.63, 3.8) is 0 Å². The summed E-state index contributed by atoms with van der Waals surface area (Å²) in [5.74, 6) is -0.0181. The number of hydrogen-bond donors (Lipinski definition) is 2. The lowest BCUT2D eigenvalue weighted by atomic mass is 10.1. The molecule has 0 saturated heterocycles. The van der Waals surface area contributed by atoms with E-state index in [1.54, 1.807) is 6.20 Å². The highest BCUT2D eigenvalue weighted by atomic mass is 32.2. The number of sulfone groups is 1. The summed E-state index contributed by atoms with van der Waals surface area (Å²) in [7, 11) is -3.03. The van der Waals surface area contributed by atoms with Crippen molar-refractivity contribution in [1.82, 2.24) is 4.98 Å². The number of anilines is 2. The maximum Gasteiger partial charge on any atom is 0.224 e. The molecule has 160 valence electrons. The van der Waals surface area contributed by atoms with Crippen molar-refractivity contribution in [1.29, 1.82) is 0 Å². The van der Waals surface area contributed by atoms with Crippen molar-refractivity contribution in [2.75, 3.05) is 42.4 Å². The van der Waals surface area contributed by atoms with Crippen LogP contribution in [-0.2, 0) is 19.4 Å². The van der Waals surface area contributed by atoms with Crippen molar-refractivity contribution < 1.29 is 17.9 Å². The van der Waals surface area contributed by atoms with E-state index in [2.05, 4.69) is 22.5 Å². The molecular formula is C21H31N3O4S. The highest BCUT2D eigenvalue weighted by molar-refractivity contribution is 7.90. The van der Waals surface area contributed by atoms with Gasteiger partial charge in [0.1, 0.15) is 9.84 Å². The van der Waals surface area contributed by atoms with Crippen molar-refractivity contribution in [3.05, 3.63) is 30.5 Å². The molecule has 7 nitrogen and oxygen atoms in total. The zero-order valence-corrected chi connectivity index (χ0v) is 18.1. The van der Waals surface area contributed by atoms with E-state index in [1.165, 1.54) is 6.26 Å². The Morgan fingerprint density at radius 1 is 1.14 bits per heavy atom. The number of rotatable bonds is 13. The van der Waals surface area contributed by atoms with Gasteiger partial charge in [-0.05, 0) is 12.5 Å². The average Bonchev–Trinajstić information content (AvgIpc) is 2.68. The number of pyridine rings is 1. The molecule has 1 aromatic carbocycles. The van der Waals surface area contributed by atoms with Crippen molar-refractivity contribution in [2.45, 2.75) is 39.0 Å². The molecule has 0 aliphatic rings. The number of benzene rings is 1. The second kappa shape index (κ2) is 11.7. The Morgan fingerprint density at radius 3 is 2.69 bits per heavy atom. The first kappa shape index (κ1) is 23.1. The molecule has 0 radical (unpaired) electrons. The van der Waals surface area contributed by atoms with Crippen molar-refractivity contribution in [3.8, 4) is 0 Å². The maximum absolute atomic E-state index is 12.3. The molecule has 0 unspecified atom stereocenters. The summed E-state index contributed by atoms with van der Waals surface area (Å²) in [4.78, 5) is 16.8. The third-order valence-corrected chi connectivity index (χ3v) is 5.36. The second-order valence-electron chi connectivity index (χ2n) is 7.09. The summed E-state index contributed by atoms with van der Waals surface area (Å²) < 4.78 is 27.7. The Hall–Kier alpha value is -2.19. The molecule has 0 aliphatic heterocycles. The van der Waals surface area contributed by atoms with Crippen LogP contribution in [0.3, 0.4) is 0 Å². The number of aromatic nitrogens is 1. The van der Waals surface area contributed by atoms with E-state index in [9.17, 15) is 13.2 Å². The van der Waals surface area contributed by atoms with Crippen LogP contribution in [0.15, 0.2) is 30.5 Å². The smallest absolute Gasteiger partial charge is 0.224 e. The minimum atomic E-state index is -3.03. The van der Waals surface area contributed by atoms with Gasteiger partial charge in [-0.25, -0.2) is 8.42 Å². The normalized spacial score (nSPS) is 11.5. The molecule has 2 N–H and O–H groups in total. The molecule has 29 heavy (non-hydrogen) atoms. The maximum atomic E-state index is 12.3. The van der Waals surface area contributed by atoms with Crippen LogP contribution in [0.4, 0.5) is 11.4 Å². The standard InChI is InChI=1S/C21H31N3O4S/c1-3-4-5-6-11-20(25)24-19-16-23-18-10-8-7-9-17(18)21(19)22-12-13-28-14-15-29(2,26)27/h7-10,16H,3-6,11-15H2,1-2H3,(H,22,23)(H,24,25). The molecule has 0 fully saturated rings. The number of unbranched alkanes of at least 4 members (excludes halogenated alkanes) is 3. The van der Waals surface area contributed by atoms with Crippen LogP contribution < -0.4 is 10.6 Å². The second-order valence-corrected chi connectivity index (χ2v) is 9.35. The zero-order chi connectivity index (χ0) is 21.1. The van der Waals surface area contributed by atoms with E-state index in [4.69, 9.17) is 4.74 Å². The number of carbonyl (C=O) groups is 1. The quantitative estimate of drug-likeness (QED) is 0.480. The first-order valence-electron chi connectivity index (χ1n) is 10.1. The molecule has 0 atom stereocenters. The van der Waals surface area contributed by atoms with Crippen LogP contribution in [-0.4, -0.2) is 51.1 Å². The number of amides is 1. The fourth-order valence-electron chi connectivity index (χ4n) is 2.91. The summed E-state index contributed by atoms with van der Waals surface area (Å²) in [6.45, 7) is 3.15. The molecule has 0 saturated carbocycles. The van der Waals surface area contributed by atoms with E-state index in [0.717, 1.165) is 42.3 Å². The van der Waals surface area contributed by atoms with Crippen LogP contribution in [0.1, 0.15) is 39.0 Å². The van der Waals surface area contributed by atoms with Gasteiger partial charge in [-0.1, -0.05) is 44.4 Å². The highest BCUT2D eigenvalue weighted by Gasteiger charge is 2.11. The predicted octanol–water partition coefficient (Wildman–Crippen LogP) is 3.62. The Balaban J connectivity index is 2.00. The fraction of sp³-hybridized carbons (Fsp3) is 0.524. The van der Waals surface area contributed by atoms with Gasteiger partial charge in [0.25, 0.3) is 0 Å². The SMILES string of the molecule is CCCCCCC(=O)Nc1cnc2ccccc2c1NCCOCCS(C)(=O)=O. The number of carbonyl (C=O) groups excluding carboxylic acids is 1. The van der Waals surface area contributed by atoms with E-state index >= 15 is 0 Å². The highest BCUT2D eigenvalue weighted by Crippen LogP contribution is 2.30. The van der Waals surface area contributed by atoms with Crippen molar-refractivity contribution >= 4 is 38.0 Å². The lowest BCUT2D eigenvalue weighted by Crippen LogP contribution is -2.17. The average molecular weight is 422 g/mol. The summed E-state index contributed by atoms with van der Waals surface area (Å²) in [6, 6.07) is 7.71. The van der Waals surface area contributed by atoms with Gasteiger partial charge in [0.05, 0.1) is 42.1 Å². The summed E-state index contributed by atoms with van der Waals surface area (Å²) in [5, 5.41) is 7.18. The Morgan fingerprint density at radius 2 is 1.93 bits per heavy atom. The number of hydrogen-bond acceptors (Lipinski definition) is 6. The van der Waals surface area contributed by atoms with Gasteiger partial charge < -0.3 is 15.4 Å². The first-order chi connectivity index (χ1) is 13.9. The Labute approximate surface area is 173 Å². The third kappa shape index (κ3) is 8.37. The minimum Gasteiger partial charge on any atom is -0.380 e. The Bertz CT molecular complexity index is 900. The lowest BCUT2D eigenvalue weighted by molar-refractivity contribution is -0.116. The lowest BCUT2D eigenvalue weighted by Gasteiger charge is -2.15. The van der Waals surface area contributed by atoms with Crippen LogP contribution in [0.25, 0.3) is 10.9 Å². The van der Waals surface area contributed by atoms with Gasteiger partial charge in [0, 0.05) is 24.6 Å². The fourth-order valence-corrected chi connectivity index (χ4v) is 3.33. The monoisotopic (exact) mass is 421 g/mol. The molecule has 1 heterocycles. The molecule has 1 amide bonds. The number of ether oxygens (including phenoxy) is 1. The summed E-state index contributed by atoms with van der Waals surface area (Å²) in [6.07, 6.45) is 7.54. The molecule has 0 aliphatic carbocycles. The van der Waals surface area contributed by atoms with E-state index in [-0.39, 0.29) is 18.3 Å². The number of fused-ring (bicyclic) bond motifs is 1. The number of para-hydroxylation sites is 1. The van der Waals surface area contributed by atoms with Gasteiger partial charge in [0.15, 0.2) is 0 Å². The summed E-state index contributed by atoms with van der Waals surface area (Å²) in [5.41, 5.74) is 2.26. The van der Waals surface area contributed by atoms with Gasteiger partial charge in [-0.3, -0.25) is 9.78 Å². The van der Waals surface area contributed by atoms with Gasteiger partial charge in [0.2, 0.25) is 5.91 Å². The van der Waals surface area contributed by atoms with Crippen molar-refractivity contribution in [2.24, 2.45) is 0 Å². The largest absolute Gasteiger partial charge is 0.380 e. The van der Waals surface area contributed by atoms with Crippen LogP contribution in [0, 0.1) is 0 Å². The molecule has 2 aromatic rings. The summed E-state index contributed by atoms with van der Waals surface area (Å²) >= 11 is 0. The van der Waals surface area contributed by atoms with Gasteiger partial charge in [-0.2, -0.15) is 0 Å². The third-order valence-electron chi connectivity index (χ3n) is 4.45. The molecule has 1 aromatic heterocycles. The molecule has 2 rings (SSSR count). The Kier molecular flexibility index (Phi) is 9.34. The zero-order valence-electron chi connectivity index (χ0n) is 17.2. The topological polar surface area (TPSA) is 97.4 Å². The van der Waals surface area contributed by atoms with Gasteiger partial charge in [-0.15, -0.1) is 0 Å². The van der Waals surface area contributed by atoms with E-state index in [0.29, 0.717) is 25.3 Å². The molecule has 0 spiro atoms. The predicted molar refractivity (Wildman–Crippen MR) is 118 cm³/mol.